The molecular weight excluding hydrogens is 380 g/mol. The zero-order valence-electron chi connectivity index (χ0n) is 17.7. The van der Waals surface area contributed by atoms with Crippen molar-refractivity contribution in [2.75, 3.05) is 20.3 Å². The highest BCUT2D eigenvalue weighted by Crippen LogP contribution is 2.58. The van der Waals surface area contributed by atoms with Crippen LogP contribution < -0.4 is 4.74 Å². The number of methoxy groups -OCH3 is 1. The minimum atomic E-state index is -0.845. The highest BCUT2D eigenvalue weighted by molar-refractivity contribution is 5.63. The highest BCUT2D eigenvalue weighted by atomic mass is 16.6. The number of aromatic nitrogens is 2. The average molecular weight is 408 g/mol. The quantitative estimate of drug-likeness (QED) is 0.630. The Morgan fingerprint density at radius 2 is 1.93 bits per heavy atom. The van der Waals surface area contributed by atoms with Crippen molar-refractivity contribution in [3.05, 3.63) is 65.1 Å². The summed E-state index contributed by atoms with van der Waals surface area (Å²) in [6, 6.07) is 11.9. The van der Waals surface area contributed by atoms with Crippen molar-refractivity contribution in [3.63, 3.8) is 0 Å². The summed E-state index contributed by atoms with van der Waals surface area (Å²) in [7, 11) is 1.66. The molecule has 0 spiro atoms. The van der Waals surface area contributed by atoms with Crippen LogP contribution in [0, 0.1) is 19.8 Å². The van der Waals surface area contributed by atoms with E-state index in [1.807, 2.05) is 49.5 Å². The number of imidazole rings is 1. The number of hydrogen-bond donors (Lipinski definition) is 1. The second-order valence-corrected chi connectivity index (χ2v) is 8.34. The summed E-state index contributed by atoms with van der Waals surface area (Å²) >= 11 is 0. The predicted molar refractivity (Wildman–Crippen MR) is 113 cm³/mol. The molecule has 1 aliphatic heterocycles. The van der Waals surface area contributed by atoms with Gasteiger partial charge >= 0.3 is 0 Å². The smallest absolute Gasteiger partial charge is 0.180 e. The maximum Gasteiger partial charge on any atom is 0.180 e. The Morgan fingerprint density at radius 1 is 1.17 bits per heavy atom. The van der Waals surface area contributed by atoms with E-state index in [0.29, 0.717) is 19.0 Å². The zero-order chi connectivity index (χ0) is 20.9. The fourth-order valence-corrected chi connectivity index (χ4v) is 4.76. The van der Waals surface area contributed by atoms with Crippen LogP contribution in [0.1, 0.15) is 41.5 Å². The Bertz CT molecular complexity index is 1060. The standard InChI is InChI=1S/C24H28N2O4/c1-15-16(2)26-12-11-19-21(23(26)25-15)30-20(17-7-5-4-6-8-17)22(27)24(19,18-9-10-18)29-14-13-28-3/h4-8,11-12,18,20,22,27H,9-10,13-14H2,1-3H3/t20-,22-,24-/m1/s1. The molecule has 6 nitrogen and oxygen atoms in total. The molecule has 1 aromatic carbocycles. The molecule has 1 N–H and O–H groups in total. The zero-order valence-corrected chi connectivity index (χ0v) is 17.7. The van der Waals surface area contributed by atoms with Gasteiger partial charge in [0.15, 0.2) is 17.5 Å². The van der Waals surface area contributed by atoms with Gasteiger partial charge in [0.1, 0.15) is 11.7 Å². The molecule has 0 unspecified atom stereocenters. The third kappa shape index (κ3) is 2.86. The van der Waals surface area contributed by atoms with Gasteiger partial charge in [-0.1, -0.05) is 30.3 Å². The van der Waals surface area contributed by atoms with E-state index in [0.717, 1.165) is 41.0 Å². The van der Waals surface area contributed by atoms with Gasteiger partial charge in [-0.2, -0.15) is 0 Å². The van der Waals surface area contributed by atoms with E-state index >= 15 is 0 Å². The number of aliphatic hydroxyl groups excluding tert-OH is 1. The van der Waals surface area contributed by atoms with Gasteiger partial charge in [-0.15, -0.1) is 0 Å². The Hall–Kier alpha value is -2.41. The monoisotopic (exact) mass is 408 g/mol. The van der Waals surface area contributed by atoms with Crippen LogP contribution in [0.3, 0.4) is 0 Å². The summed E-state index contributed by atoms with van der Waals surface area (Å²) in [5.74, 6) is 0.940. The molecule has 0 amide bonds. The largest absolute Gasteiger partial charge is 0.479 e. The maximum absolute atomic E-state index is 11.7. The first-order chi connectivity index (χ1) is 14.6. The molecule has 158 valence electrons. The lowest BCUT2D eigenvalue weighted by atomic mass is 9.77. The lowest BCUT2D eigenvalue weighted by Gasteiger charge is -2.46. The number of pyridine rings is 1. The first-order valence-corrected chi connectivity index (χ1v) is 10.6. The van der Waals surface area contributed by atoms with E-state index in [1.54, 1.807) is 7.11 Å². The third-order valence-electron chi connectivity index (χ3n) is 6.56. The minimum absolute atomic E-state index is 0.234. The molecule has 0 bridgehead atoms. The van der Waals surface area contributed by atoms with E-state index < -0.39 is 17.8 Å². The first-order valence-electron chi connectivity index (χ1n) is 10.6. The van der Waals surface area contributed by atoms with Crippen molar-refractivity contribution >= 4 is 5.65 Å². The SMILES string of the molecule is COCCO[C@]1(C2CC2)c2ccn3c(C)c(C)nc3c2O[C@H](c2ccccc2)[C@H]1O. The third-order valence-corrected chi connectivity index (χ3v) is 6.56. The van der Waals surface area contributed by atoms with E-state index in [2.05, 4.69) is 11.3 Å². The van der Waals surface area contributed by atoms with Crippen molar-refractivity contribution < 1.29 is 19.3 Å². The molecular formula is C24H28N2O4. The van der Waals surface area contributed by atoms with E-state index in [1.165, 1.54) is 0 Å². The Labute approximate surface area is 176 Å². The molecule has 5 rings (SSSR count). The maximum atomic E-state index is 11.7. The number of aliphatic hydroxyl groups is 1. The molecule has 3 heterocycles. The summed E-state index contributed by atoms with van der Waals surface area (Å²) in [6.07, 6.45) is 2.67. The van der Waals surface area contributed by atoms with Crippen LogP contribution in [-0.2, 0) is 15.1 Å². The molecule has 6 heteroatoms. The number of hydrogen-bond acceptors (Lipinski definition) is 5. The molecule has 2 aliphatic rings. The first kappa shape index (κ1) is 19.5. The van der Waals surface area contributed by atoms with Gasteiger partial charge in [0, 0.05) is 24.6 Å². The number of rotatable bonds is 6. The number of aryl methyl sites for hydroxylation is 2. The molecule has 3 atom stereocenters. The van der Waals surface area contributed by atoms with E-state index in [9.17, 15) is 5.11 Å². The van der Waals surface area contributed by atoms with Gasteiger partial charge in [-0.3, -0.25) is 0 Å². The van der Waals surface area contributed by atoms with Crippen molar-refractivity contribution in [2.24, 2.45) is 5.92 Å². The Morgan fingerprint density at radius 3 is 2.63 bits per heavy atom. The summed E-state index contributed by atoms with van der Waals surface area (Å²) in [4.78, 5) is 4.80. The second-order valence-electron chi connectivity index (χ2n) is 8.34. The second kappa shape index (κ2) is 7.38. The molecule has 1 fully saturated rings. The summed E-state index contributed by atoms with van der Waals surface area (Å²) in [5.41, 5.74) is 3.79. The minimum Gasteiger partial charge on any atom is -0.479 e. The van der Waals surface area contributed by atoms with Crippen LogP contribution in [0.5, 0.6) is 5.75 Å². The molecule has 30 heavy (non-hydrogen) atoms. The van der Waals surface area contributed by atoms with Crippen LogP contribution in [0.4, 0.5) is 0 Å². The van der Waals surface area contributed by atoms with Gasteiger partial charge in [-0.25, -0.2) is 4.98 Å². The topological polar surface area (TPSA) is 65.2 Å². The van der Waals surface area contributed by atoms with Gasteiger partial charge in [0.2, 0.25) is 0 Å². The Kier molecular flexibility index (Phi) is 4.81. The fraction of sp³-hybridized carbons (Fsp3) is 0.458. The average Bonchev–Trinajstić information content (AvgIpc) is 3.57. The lowest BCUT2D eigenvalue weighted by Crippen LogP contribution is -2.52. The normalized spacial score (nSPS) is 25.9. The van der Waals surface area contributed by atoms with E-state index in [-0.39, 0.29) is 5.92 Å². The molecule has 3 aromatic rings. The van der Waals surface area contributed by atoms with Crippen molar-refractivity contribution in [3.8, 4) is 5.75 Å². The summed E-state index contributed by atoms with van der Waals surface area (Å²) in [5, 5.41) is 11.7. The highest BCUT2D eigenvalue weighted by Gasteiger charge is 2.59. The van der Waals surface area contributed by atoms with Gasteiger partial charge < -0.3 is 23.7 Å². The summed E-state index contributed by atoms with van der Waals surface area (Å²) < 4.78 is 20.3. The molecule has 1 saturated carbocycles. The molecule has 1 aliphatic carbocycles. The van der Waals surface area contributed by atoms with Gasteiger partial charge in [0.05, 0.1) is 18.9 Å². The van der Waals surface area contributed by atoms with Crippen LogP contribution >= 0.6 is 0 Å². The fourth-order valence-electron chi connectivity index (χ4n) is 4.76. The van der Waals surface area contributed by atoms with Crippen LogP contribution in [-0.4, -0.2) is 40.9 Å². The van der Waals surface area contributed by atoms with Crippen LogP contribution in [0.15, 0.2) is 42.6 Å². The summed E-state index contributed by atoms with van der Waals surface area (Å²) in [6.45, 7) is 4.93. The van der Waals surface area contributed by atoms with Crippen molar-refractivity contribution in [1.29, 1.82) is 0 Å². The number of nitrogens with zero attached hydrogens (tertiary/aromatic N) is 2. The lowest BCUT2D eigenvalue weighted by molar-refractivity contribution is -0.192. The van der Waals surface area contributed by atoms with Crippen molar-refractivity contribution in [1.82, 2.24) is 9.38 Å². The van der Waals surface area contributed by atoms with E-state index in [4.69, 9.17) is 19.2 Å². The van der Waals surface area contributed by atoms with Gasteiger partial charge in [0.25, 0.3) is 0 Å². The van der Waals surface area contributed by atoms with Gasteiger partial charge in [-0.05, 0) is 44.2 Å². The Balaban J connectivity index is 1.73. The molecule has 2 aromatic heterocycles. The molecule has 0 saturated heterocycles. The number of ether oxygens (including phenoxy) is 3. The van der Waals surface area contributed by atoms with Crippen LogP contribution in [0.2, 0.25) is 0 Å². The van der Waals surface area contributed by atoms with Crippen LogP contribution in [0.25, 0.3) is 5.65 Å². The number of benzene rings is 1. The molecule has 0 radical (unpaired) electrons. The van der Waals surface area contributed by atoms with Crippen molar-refractivity contribution in [2.45, 2.75) is 44.5 Å². The predicted octanol–water partition coefficient (Wildman–Crippen LogP) is 3.71. The number of fused-ring (bicyclic) bond motifs is 3.